The van der Waals surface area contributed by atoms with Crippen molar-refractivity contribution in [1.29, 1.82) is 0 Å². The molecule has 0 N–H and O–H groups in total. The number of nitrogens with zero attached hydrogens (tertiary/aromatic N) is 1. The van der Waals surface area contributed by atoms with Gasteiger partial charge in [0.2, 0.25) is 0 Å². The van der Waals surface area contributed by atoms with E-state index in [1.54, 1.807) is 0 Å². The van der Waals surface area contributed by atoms with Crippen molar-refractivity contribution < 1.29 is 23.3 Å². The second-order valence-corrected chi connectivity index (χ2v) is 6.83. The summed E-state index contributed by atoms with van der Waals surface area (Å²) in [7, 11) is 0. The Labute approximate surface area is 219 Å². The van der Waals surface area contributed by atoms with Gasteiger partial charge in [-0.2, -0.15) is 11.1 Å². The first-order chi connectivity index (χ1) is 13.0. The van der Waals surface area contributed by atoms with Crippen LogP contribution in [0.4, 0.5) is 0 Å². The van der Waals surface area contributed by atoms with Crippen molar-refractivity contribution in [3.8, 4) is 11.1 Å². The molecule has 1 unspecified atom stereocenters. The number of hydrogen-bond acceptors (Lipinski definition) is 1. The summed E-state index contributed by atoms with van der Waals surface area (Å²) < 4.78 is 0. The number of benzene rings is 1. The molecule has 1 nitrogen and oxygen atoms in total. The van der Waals surface area contributed by atoms with Gasteiger partial charge >= 0.3 is 30.2 Å². The molecule has 1 aliphatic rings. The third-order valence-corrected chi connectivity index (χ3v) is 5.18. The standard InChI is InChI=1S/C15H12N.C9H13.2CH3.2ClH.Si.Zr/c1-11-9-12-5-2-3-7-14(12)15(11)13-6-4-8-16-10-13;1-6-5-7(2)9(4)8(6)3;;;;;;/h2-10H,1H3;6H,1-4H3;2*1H3;2*1H;;/q4*-1;;;;. The molecule has 0 saturated heterocycles. The van der Waals surface area contributed by atoms with Gasteiger partial charge in [0.1, 0.15) is 0 Å². The number of fused-ring (bicyclic) bond motifs is 1. The van der Waals surface area contributed by atoms with Gasteiger partial charge in [0.15, 0.2) is 0 Å². The van der Waals surface area contributed by atoms with Crippen LogP contribution < -0.4 is 0 Å². The average Bonchev–Trinajstić information content (AvgIpc) is 3.15. The van der Waals surface area contributed by atoms with E-state index in [0.717, 1.165) is 0 Å². The summed E-state index contributed by atoms with van der Waals surface area (Å²) in [5.74, 6) is 0.560. The van der Waals surface area contributed by atoms with Crippen LogP contribution in [0.2, 0.25) is 0 Å². The van der Waals surface area contributed by atoms with E-state index in [9.17, 15) is 0 Å². The Morgan fingerprint density at radius 1 is 0.968 bits per heavy atom. The van der Waals surface area contributed by atoms with Gasteiger partial charge in [-0.15, -0.1) is 77.9 Å². The molecule has 0 amide bonds. The summed E-state index contributed by atoms with van der Waals surface area (Å²) in [5, 5.41) is 2.62. The van der Waals surface area contributed by atoms with Gasteiger partial charge in [0.05, 0.1) is 0 Å². The number of aryl methyl sites for hydroxylation is 1. The third kappa shape index (κ3) is 8.54. The van der Waals surface area contributed by atoms with Crippen LogP contribution in [0.1, 0.15) is 33.3 Å². The molecule has 1 aliphatic carbocycles. The molecule has 1 heterocycles. The zero-order chi connectivity index (χ0) is 20.0. The second-order valence-electron chi connectivity index (χ2n) is 6.83. The minimum atomic E-state index is 0. The molecule has 168 valence electrons. The molecule has 4 rings (SSSR count). The summed E-state index contributed by atoms with van der Waals surface area (Å²) in [6, 6.07) is 14.8. The van der Waals surface area contributed by atoms with E-state index >= 15 is 0 Å². The first-order valence-corrected chi connectivity index (χ1v) is 13.3. The first-order valence-electron chi connectivity index (χ1n) is 9.07. The Morgan fingerprint density at radius 2 is 1.58 bits per heavy atom. The normalized spacial score (nSPS) is 13.5. The van der Waals surface area contributed by atoms with E-state index in [0.29, 0.717) is 5.92 Å². The van der Waals surface area contributed by atoms with Crippen LogP contribution in [0.5, 0.6) is 0 Å². The molecule has 5 heteroatoms. The van der Waals surface area contributed by atoms with Crippen molar-refractivity contribution >= 4 is 42.5 Å². The van der Waals surface area contributed by atoms with Crippen LogP contribution in [0.25, 0.3) is 21.9 Å². The number of hydrogen-bond donors (Lipinski definition) is 0. The van der Waals surface area contributed by atoms with Crippen molar-refractivity contribution in [2.24, 2.45) is 5.92 Å². The van der Waals surface area contributed by atoms with E-state index in [1.165, 1.54) is 67.5 Å². The Balaban J connectivity index is -0.000000460. The number of rotatable bonds is 1. The summed E-state index contributed by atoms with van der Waals surface area (Å²) in [5.41, 5.74) is 8.06. The molecule has 0 fully saturated rings. The van der Waals surface area contributed by atoms with Gasteiger partial charge in [-0.05, 0) is 11.6 Å². The zero-order valence-electron chi connectivity index (χ0n) is 19.5. The molecule has 0 aliphatic heterocycles. The number of allylic oxidation sites excluding steroid dienone is 4. The molecular weight excluding hydrogens is 517 g/mol. The molecule has 3 aromatic rings. The second kappa shape index (κ2) is 16.7. The number of aromatic nitrogens is 1. The molecule has 0 bridgehead atoms. The average molecular weight is 550 g/mol. The van der Waals surface area contributed by atoms with E-state index in [4.69, 9.17) is 0 Å². The molecule has 2 radical (unpaired) electrons. The van der Waals surface area contributed by atoms with Crippen LogP contribution >= 0.6 is 24.8 Å². The maximum absolute atomic E-state index is 4.19. The fourth-order valence-electron chi connectivity index (χ4n) is 3.42. The topological polar surface area (TPSA) is 12.9 Å². The van der Waals surface area contributed by atoms with Gasteiger partial charge in [0, 0.05) is 12.4 Å². The van der Waals surface area contributed by atoms with Gasteiger partial charge in [-0.25, -0.2) is 5.57 Å². The van der Waals surface area contributed by atoms with Crippen LogP contribution in [0, 0.1) is 33.8 Å². The number of pyridine rings is 1. The summed E-state index contributed by atoms with van der Waals surface area (Å²) in [6.45, 7) is 13.9. The number of halogens is 2. The quantitative estimate of drug-likeness (QED) is 0.221. The summed E-state index contributed by atoms with van der Waals surface area (Å²) >= 11 is 1.36. The van der Waals surface area contributed by atoms with E-state index in [-0.39, 0.29) is 39.7 Å². The Bertz CT molecular complexity index is 977. The summed E-state index contributed by atoms with van der Waals surface area (Å²) in [6.07, 6.45) is 7.09. The molecular formula is C26H33Cl2NSiZr-4. The monoisotopic (exact) mass is 547 g/mol. The van der Waals surface area contributed by atoms with Crippen molar-refractivity contribution in [3.63, 3.8) is 0 Å². The van der Waals surface area contributed by atoms with Gasteiger partial charge in [-0.3, -0.25) is 11.1 Å². The Kier molecular flexibility index (Phi) is 18.7. The fourth-order valence-corrected chi connectivity index (χ4v) is 3.42. The molecule has 0 saturated carbocycles. The molecule has 2 aromatic carbocycles. The predicted octanol–water partition coefficient (Wildman–Crippen LogP) is 8.01. The molecule has 1 atom stereocenters. The predicted molar refractivity (Wildman–Crippen MR) is 141 cm³/mol. The van der Waals surface area contributed by atoms with Gasteiger partial charge < -0.3 is 14.9 Å². The molecule has 31 heavy (non-hydrogen) atoms. The van der Waals surface area contributed by atoms with Crippen molar-refractivity contribution in [2.45, 2.75) is 34.6 Å². The Morgan fingerprint density at radius 3 is 2.03 bits per heavy atom. The van der Waals surface area contributed by atoms with Crippen LogP contribution in [0.15, 0.2) is 71.6 Å². The zero-order valence-corrected chi connectivity index (χ0v) is 24.6. The van der Waals surface area contributed by atoms with Crippen molar-refractivity contribution in [2.75, 3.05) is 0 Å². The third-order valence-electron chi connectivity index (χ3n) is 5.18. The molecule has 0 spiro atoms. The van der Waals surface area contributed by atoms with E-state index in [1.807, 2.05) is 18.5 Å². The SMILES string of the molecule is CC1=[C-]C(C)C(C)=C1C.Cc1[cH-]c2ccccc2c1-c1cccnc1.Cl.Cl.[CH3-].[CH3-].[Si]=[Zr]. The van der Waals surface area contributed by atoms with Crippen LogP contribution in [-0.4, -0.2) is 11.9 Å². The van der Waals surface area contributed by atoms with Crippen LogP contribution in [-0.2, 0) is 23.3 Å². The first kappa shape index (κ1) is 34.7. The maximum atomic E-state index is 4.19. The van der Waals surface area contributed by atoms with Gasteiger partial charge in [0.25, 0.3) is 0 Å². The summed E-state index contributed by atoms with van der Waals surface area (Å²) in [4.78, 5) is 4.19. The van der Waals surface area contributed by atoms with Gasteiger partial charge in [-0.1, -0.05) is 45.7 Å². The molecule has 1 aromatic heterocycles. The Hall–Kier alpha value is -0.860. The van der Waals surface area contributed by atoms with Crippen LogP contribution in [0.3, 0.4) is 0 Å². The van der Waals surface area contributed by atoms with Crippen molar-refractivity contribution in [1.82, 2.24) is 4.98 Å². The minimum absolute atomic E-state index is 0. The van der Waals surface area contributed by atoms with Crippen molar-refractivity contribution in [3.05, 3.63) is 98.1 Å². The fraction of sp³-hybridized carbons (Fsp3) is 0.231. The van der Waals surface area contributed by atoms with E-state index < -0.39 is 0 Å². The van der Waals surface area contributed by atoms with E-state index in [2.05, 4.69) is 89.0 Å².